The predicted molar refractivity (Wildman–Crippen MR) is 110 cm³/mol. The fourth-order valence-corrected chi connectivity index (χ4v) is 2.57. The number of carbonyl (C=O) groups is 2. The van der Waals surface area contributed by atoms with E-state index in [0.29, 0.717) is 30.3 Å². The van der Waals surface area contributed by atoms with Crippen molar-refractivity contribution in [3.63, 3.8) is 0 Å². The first kappa shape index (κ1) is 22.6. The van der Waals surface area contributed by atoms with E-state index in [1.807, 2.05) is 13.0 Å². The molecule has 1 amide bonds. The van der Waals surface area contributed by atoms with Crippen LogP contribution in [0.3, 0.4) is 0 Å². The van der Waals surface area contributed by atoms with Crippen molar-refractivity contribution in [3.05, 3.63) is 57.6 Å². The van der Waals surface area contributed by atoms with Gasteiger partial charge in [-0.3, -0.25) is 14.9 Å². The number of non-ortho nitro benzene ring substituents is 1. The Morgan fingerprint density at radius 1 is 1.10 bits per heavy atom. The van der Waals surface area contributed by atoms with Crippen molar-refractivity contribution in [2.75, 3.05) is 44.6 Å². The molecule has 160 valence electrons. The number of nitrogens with zero attached hydrogens (tertiary/aromatic N) is 1. The van der Waals surface area contributed by atoms with Crippen LogP contribution in [0.2, 0.25) is 0 Å². The number of anilines is 2. The molecule has 30 heavy (non-hydrogen) atoms. The SMILES string of the molecule is COCCNc1ccc([N+](=O)[O-])cc1C(=O)OCC(=O)Nc1cc(C)ccc1OC. The molecule has 0 aliphatic carbocycles. The molecule has 0 aliphatic heterocycles. The minimum Gasteiger partial charge on any atom is -0.495 e. The molecule has 0 saturated carbocycles. The number of esters is 1. The summed E-state index contributed by atoms with van der Waals surface area (Å²) in [6.45, 7) is 2.03. The first-order valence-corrected chi connectivity index (χ1v) is 8.98. The Balaban J connectivity index is 2.09. The van der Waals surface area contributed by atoms with E-state index in [4.69, 9.17) is 14.2 Å². The number of carbonyl (C=O) groups excluding carboxylic acids is 2. The van der Waals surface area contributed by atoms with E-state index in [1.54, 1.807) is 12.1 Å². The quantitative estimate of drug-likeness (QED) is 0.261. The van der Waals surface area contributed by atoms with Gasteiger partial charge >= 0.3 is 5.97 Å². The Kier molecular flexibility index (Phi) is 8.12. The van der Waals surface area contributed by atoms with Crippen LogP contribution in [0, 0.1) is 17.0 Å². The van der Waals surface area contributed by atoms with Gasteiger partial charge < -0.3 is 24.8 Å². The number of nitrogens with one attached hydrogen (secondary N) is 2. The van der Waals surface area contributed by atoms with Crippen LogP contribution < -0.4 is 15.4 Å². The normalized spacial score (nSPS) is 10.2. The molecule has 2 rings (SSSR count). The second-order valence-corrected chi connectivity index (χ2v) is 6.23. The summed E-state index contributed by atoms with van der Waals surface area (Å²) in [5.74, 6) is -0.986. The number of amides is 1. The fourth-order valence-electron chi connectivity index (χ4n) is 2.57. The van der Waals surface area contributed by atoms with Crippen LogP contribution >= 0.6 is 0 Å². The minimum absolute atomic E-state index is 0.0544. The molecule has 0 saturated heterocycles. The van der Waals surface area contributed by atoms with Gasteiger partial charge in [-0.25, -0.2) is 4.79 Å². The van der Waals surface area contributed by atoms with E-state index in [2.05, 4.69) is 10.6 Å². The van der Waals surface area contributed by atoms with E-state index in [1.165, 1.54) is 26.4 Å². The van der Waals surface area contributed by atoms with Gasteiger partial charge in [-0.1, -0.05) is 6.07 Å². The standard InChI is InChI=1S/C20H23N3O7/c1-13-4-7-18(29-3)17(10-13)22-19(24)12-30-20(25)15-11-14(23(26)27)5-6-16(15)21-8-9-28-2/h4-7,10-11,21H,8-9,12H2,1-3H3,(H,22,24). The maximum absolute atomic E-state index is 12.5. The third kappa shape index (κ3) is 6.17. The number of aryl methyl sites for hydroxylation is 1. The van der Waals surface area contributed by atoms with Gasteiger partial charge in [0.25, 0.3) is 11.6 Å². The number of benzene rings is 2. The molecular formula is C20H23N3O7. The molecule has 0 heterocycles. The molecule has 10 heteroatoms. The Morgan fingerprint density at radius 2 is 1.87 bits per heavy atom. The first-order valence-electron chi connectivity index (χ1n) is 8.98. The number of nitro groups is 1. The minimum atomic E-state index is -0.870. The van der Waals surface area contributed by atoms with E-state index in [-0.39, 0.29) is 11.3 Å². The highest BCUT2D eigenvalue weighted by Crippen LogP contribution is 2.25. The highest BCUT2D eigenvalue weighted by atomic mass is 16.6. The summed E-state index contributed by atoms with van der Waals surface area (Å²) in [5.41, 5.74) is 1.36. The summed E-state index contributed by atoms with van der Waals surface area (Å²) in [7, 11) is 3.00. The molecule has 0 radical (unpaired) electrons. The zero-order valence-electron chi connectivity index (χ0n) is 16.9. The van der Waals surface area contributed by atoms with Gasteiger partial charge in [0.15, 0.2) is 6.61 Å². The highest BCUT2D eigenvalue weighted by Gasteiger charge is 2.19. The van der Waals surface area contributed by atoms with E-state index < -0.39 is 23.4 Å². The average molecular weight is 417 g/mol. The molecule has 2 N–H and O–H groups in total. The van der Waals surface area contributed by atoms with Crippen molar-refractivity contribution in [1.29, 1.82) is 0 Å². The second-order valence-electron chi connectivity index (χ2n) is 6.23. The van der Waals surface area contributed by atoms with Crippen LogP contribution in [0.25, 0.3) is 0 Å². The van der Waals surface area contributed by atoms with Gasteiger partial charge in [-0.2, -0.15) is 0 Å². The number of hydrogen-bond acceptors (Lipinski definition) is 8. The number of ether oxygens (including phenoxy) is 3. The maximum Gasteiger partial charge on any atom is 0.341 e. The molecule has 0 unspecified atom stereocenters. The molecule has 2 aromatic rings. The zero-order valence-corrected chi connectivity index (χ0v) is 16.9. The summed E-state index contributed by atoms with van der Waals surface area (Å²) in [5, 5.41) is 16.6. The Morgan fingerprint density at radius 3 is 2.53 bits per heavy atom. The number of hydrogen-bond donors (Lipinski definition) is 2. The lowest BCUT2D eigenvalue weighted by atomic mass is 10.1. The molecule has 0 fully saturated rings. The molecule has 0 bridgehead atoms. The summed E-state index contributed by atoms with van der Waals surface area (Å²) >= 11 is 0. The van der Waals surface area contributed by atoms with Crippen molar-refractivity contribution in [2.45, 2.75) is 6.92 Å². The van der Waals surface area contributed by atoms with Crippen molar-refractivity contribution < 1.29 is 28.7 Å². The molecule has 0 aliphatic rings. The summed E-state index contributed by atoms with van der Waals surface area (Å²) in [6.07, 6.45) is 0. The van der Waals surface area contributed by atoms with E-state index in [9.17, 15) is 19.7 Å². The van der Waals surface area contributed by atoms with Crippen molar-refractivity contribution >= 4 is 28.9 Å². The Labute approximate surface area is 173 Å². The van der Waals surface area contributed by atoms with Gasteiger partial charge in [-0.05, 0) is 30.7 Å². The number of nitro benzene ring substituents is 1. The lowest BCUT2D eigenvalue weighted by Crippen LogP contribution is -2.22. The first-order chi connectivity index (χ1) is 14.3. The predicted octanol–water partition coefficient (Wildman–Crippen LogP) is 2.77. The van der Waals surface area contributed by atoms with Crippen LogP contribution in [-0.2, 0) is 14.3 Å². The van der Waals surface area contributed by atoms with E-state index >= 15 is 0 Å². The maximum atomic E-state index is 12.5. The van der Waals surface area contributed by atoms with Crippen molar-refractivity contribution in [1.82, 2.24) is 0 Å². The monoisotopic (exact) mass is 417 g/mol. The molecule has 2 aromatic carbocycles. The topological polar surface area (TPSA) is 129 Å². The molecule has 0 aromatic heterocycles. The number of methoxy groups -OCH3 is 2. The molecule has 0 atom stereocenters. The molecular weight excluding hydrogens is 394 g/mol. The largest absolute Gasteiger partial charge is 0.495 e. The lowest BCUT2D eigenvalue weighted by molar-refractivity contribution is -0.384. The van der Waals surface area contributed by atoms with Crippen LogP contribution in [0.15, 0.2) is 36.4 Å². The van der Waals surface area contributed by atoms with Gasteiger partial charge in [0.1, 0.15) is 5.75 Å². The van der Waals surface area contributed by atoms with Gasteiger partial charge in [0.05, 0.1) is 29.9 Å². The average Bonchev–Trinajstić information content (AvgIpc) is 2.72. The van der Waals surface area contributed by atoms with Crippen LogP contribution in [0.4, 0.5) is 17.1 Å². The van der Waals surface area contributed by atoms with E-state index in [0.717, 1.165) is 11.6 Å². The van der Waals surface area contributed by atoms with Gasteiger partial charge in [-0.15, -0.1) is 0 Å². The Hall–Kier alpha value is -3.66. The van der Waals surface area contributed by atoms with Gasteiger partial charge in [0, 0.05) is 31.5 Å². The van der Waals surface area contributed by atoms with Crippen LogP contribution in [0.1, 0.15) is 15.9 Å². The zero-order chi connectivity index (χ0) is 22.1. The van der Waals surface area contributed by atoms with Gasteiger partial charge in [0.2, 0.25) is 0 Å². The van der Waals surface area contributed by atoms with Crippen LogP contribution in [0.5, 0.6) is 5.75 Å². The van der Waals surface area contributed by atoms with Crippen LogP contribution in [-0.4, -0.2) is 50.8 Å². The smallest absolute Gasteiger partial charge is 0.341 e. The fraction of sp³-hybridized carbons (Fsp3) is 0.300. The highest BCUT2D eigenvalue weighted by molar-refractivity contribution is 5.99. The molecule has 0 spiro atoms. The van der Waals surface area contributed by atoms with Crippen molar-refractivity contribution in [2.24, 2.45) is 0 Å². The summed E-state index contributed by atoms with van der Waals surface area (Å²) in [4.78, 5) is 35.1. The van der Waals surface area contributed by atoms with Crippen molar-refractivity contribution in [3.8, 4) is 5.75 Å². The summed E-state index contributed by atoms with van der Waals surface area (Å²) < 4.78 is 15.2. The second kappa shape index (κ2) is 10.8. The molecule has 10 nitrogen and oxygen atoms in total. The number of rotatable bonds is 10. The lowest BCUT2D eigenvalue weighted by Gasteiger charge is -2.13. The third-order valence-electron chi connectivity index (χ3n) is 4.02. The summed E-state index contributed by atoms with van der Waals surface area (Å²) in [6, 6.07) is 9.02. The Bertz CT molecular complexity index is 931. The third-order valence-corrected chi connectivity index (χ3v) is 4.02.